The maximum atomic E-state index is 13.2. The van der Waals surface area contributed by atoms with Crippen molar-refractivity contribution in [2.24, 2.45) is 0 Å². The van der Waals surface area contributed by atoms with Gasteiger partial charge in [-0.3, -0.25) is 4.79 Å². The molecule has 0 fully saturated rings. The summed E-state index contributed by atoms with van der Waals surface area (Å²) in [7, 11) is 3.19. The van der Waals surface area contributed by atoms with Crippen LogP contribution in [0.4, 0.5) is 4.39 Å². The van der Waals surface area contributed by atoms with E-state index in [4.69, 9.17) is 14.2 Å². The number of carbonyl (C=O) groups excluding carboxylic acids is 1. The Hall–Kier alpha value is -3.38. The van der Waals surface area contributed by atoms with Crippen LogP contribution in [0.1, 0.15) is 28.3 Å². The van der Waals surface area contributed by atoms with Crippen molar-refractivity contribution in [1.29, 1.82) is 0 Å². The van der Waals surface area contributed by atoms with Gasteiger partial charge in [0.05, 0.1) is 39.4 Å². The molecule has 1 amide bonds. The van der Waals surface area contributed by atoms with Crippen LogP contribution < -0.4 is 14.8 Å². The van der Waals surface area contributed by atoms with Gasteiger partial charge in [-0.05, 0) is 46.5 Å². The average Bonchev–Trinajstić information content (AvgIpc) is 3.14. The molecule has 1 aliphatic rings. The standard InChI is InChI=1S/C26H26FNO4/c1-30-22-13-19-14-24(32-16-18-6-4-3-5-7-18)26(21(19)15-23(22)31-2)28-25(29)12-17-8-10-20(27)11-9-17/h3-11,13,15,24,26H,12,14,16H2,1-2H3,(H,28,29)/t24-,26-/m1/s1. The maximum Gasteiger partial charge on any atom is 0.224 e. The lowest BCUT2D eigenvalue weighted by Gasteiger charge is -2.23. The van der Waals surface area contributed by atoms with Gasteiger partial charge in [0.25, 0.3) is 0 Å². The third-order valence-corrected chi connectivity index (χ3v) is 5.67. The largest absolute Gasteiger partial charge is 0.493 e. The number of halogens is 1. The van der Waals surface area contributed by atoms with Crippen LogP contribution in [-0.4, -0.2) is 26.2 Å². The number of nitrogens with one attached hydrogen (secondary N) is 1. The van der Waals surface area contributed by atoms with Crippen LogP contribution in [0.15, 0.2) is 66.7 Å². The number of fused-ring (bicyclic) bond motifs is 1. The quantitative estimate of drug-likeness (QED) is 0.570. The zero-order chi connectivity index (χ0) is 22.5. The van der Waals surface area contributed by atoms with Crippen molar-refractivity contribution in [2.75, 3.05) is 14.2 Å². The summed E-state index contributed by atoms with van der Waals surface area (Å²) in [5.41, 5.74) is 3.81. The van der Waals surface area contributed by atoms with Crippen molar-refractivity contribution >= 4 is 5.91 Å². The Bertz CT molecular complexity index is 1070. The first-order valence-corrected chi connectivity index (χ1v) is 10.5. The van der Waals surface area contributed by atoms with E-state index in [1.165, 1.54) is 12.1 Å². The molecule has 3 aromatic carbocycles. The van der Waals surface area contributed by atoms with Gasteiger partial charge in [-0.25, -0.2) is 4.39 Å². The molecule has 0 radical (unpaired) electrons. The van der Waals surface area contributed by atoms with Crippen molar-refractivity contribution in [3.63, 3.8) is 0 Å². The highest BCUT2D eigenvalue weighted by Crippen LogP contribution is 2.40. The van der Waals surface area contributed by atoms with E-state index in [1.807, 2.05) is 42.5 Å². The van der Waals surface area contributed by atoms with E-state index in [1.54, 1.807) is 26.4 Å². The van der Waals surface area contributed by atoms with Crippen molar-refractivity contribution in [2.45, 2.75) is 31.6 Å². The molecular formula is C26H26FNO4. The lowest BCUT2D eigenvalue weighted by molar-refractivity contribution is -0.122. The van der Waals surface area contributed by atoms with Crippen LogP contribution >= 0.6 is 0 Å². The number of carbonyl (C=O) groups is 1. The fraction of sp³-hybridized carbons (Fsp3) is 0.269. The van der Waals surface area contributed by atoms with E-state index >= 15 is 0 Å². The first-order valence-electron chi connectivity index (χ1n) is 10.5. The Labute approximate surface area is 187 Å². The Morgan fingerprint density at radius 2 is 1.66 bits per heavy atom. The highest BCUT2D eigenvalue weighted by molar-refractivity contribution is 5.79. The zero-order valence-corrected chi connectivity index (χ0v) is 18.1. The molecule has 0 bridgehead atoms. The lowest BCUT2D eigenvalue weighted by atomic mass is 10.1. The molecule has 32 heavy (non-hydrogen) atoms. The van der Waals surface area contributed by atoms with Crippen LogP contribution in [-0.2, 0) is 29.0 Å². The second-order valence-electron chi connectivity index (χ2n) is 7.79. The summed E-state index contributed by atoms with van der Waals surface area (Å²) >= 11 is 0. The summed E-state index contributed by atoms with van der Waals surface area (Å²) in [6, 6.07) is 19.4. The Morgan fingerprint density at radius 1 is 0.969 bits per heavy atom. The number of methoxy groups -OCH3 is 2. The summed E-state index contributed by atoms with van der Waals surface area (Å²) in [5, 5.41) is 3.12. The summed E-state index contributed by atoms with van der Waals surface area (Å²) in [6.07, 6.45) is 0.564. The van der Waals surface area contributed by atoms with Gasteiger partial charge in [-0.1, -0.05) is 42.5 Å². The van der Waals surface area contributed by atoms with Gasteiger partial charge in [0.2, 0.25) is 5.91 Å². The molecule has 2 atom stereocenters. The molecule has 1 N–H and O–H groups in total. The van der Waals surface area contributed by atoms with Crippen molar-refractivity contribution in [1.82, 2.24) is 5.32 Å². The summed E-state index contributed by atoms with van der Waals surface area (Å²) in [6.45, 7) is 0.443. The minimum Gasteiger partial charge on any atom is -0.493 e. The SMILES string of the molecule is COc1cc2c(cc1OC)[C@@H](NC(=O)Cc1ccc(F)cc1)[C@H](OCc1ccccc1)C2. The number of amides is 1. The number of hydrogen-bond acceptors (Lipinski definition) is 4. The average molecular weight is 435 g/mol. The smallest absolute Gasteiger partial charge is 0.224 e. The normalized spacial score (nSPS) is 17.0. The van der Waals surface area contributed by atoms with Crippen LogP contribution in [0.25, 0.3) is 0 Å². The molecule has 166 valence electrons. The third kappa shape index (κ3) is 4.92. The second-order valence-corrected chi connectivity index (χ2v) is 7.79. The Morgan fingerprint density at radius 3 is 2.34 bits per heavy atom. The van der Waals surface area contributed by atoms with Gasteiger partial charge in [-0.2, -0.15) is 0 Å². The van der Waals surface area contributed by atoms with Gasteiger partial charge in [0.15, 0.2) is 11.5 Å². The van der Waals surface area contributed by atoms with Crippen molar-refractivity contribution in [3.05, 3.63) is 94.8 Å². The predicted molar refractivity (Wildman–Crippen MR) is 119 cm³/mol. The Balaban J connectivity index is 1.55. The maximum absolute atomic E-state index is 13.2. The minimum absolute atomic E-state index is 0.155. The molecule has 6 heteroatoms. The number of benzene rings is 3. The number of rotatable bonds is 8. The molecule has 0 saturated heterocycles. The van der Waals surface area contributed by atoms with Crippen LogP contribution in [0.5, 0.6) is 11.5 Å². The molecule has 0 unspecified atom stereocenters. The minimum atomic E-state index is -0.332. The summed E-state index contributed by atoms with van der Waals surface area (Å²) in [4.78, 5) is 12.8. The fourth-order valence-corrected chi connectivity index (χ4v) is 4.05. The molecule has 3 aromatic rings. The zero-order valence-electron chi connectivity index (χ0n) is 18.1. The molecule has 0 aliphatic heterocycles. The summed E-state index contributed by atoms with van der Waals surface area (Å²) < 4.78 is 30.4. The monoisotopic (exact) mass is 435 g/mol. The van der Waals surface area contributed by atoms with E-state index in [-0.39, 0.29) is 30.3 Å². The van der Waals surface area contributed by atoms with E-state index in [2.05, 4.69) is 5.32 Å². The van der Waals surface area contributed by atoms with E-state index < -0.39 is 0 Å². The highest BCUT2D eigenvalue weighted by Gasteiger charge is 2.35. The lowest BCUT2D eigenvalue weighted by Crippen LogP contribution is -2.36. The predicted octanol–water partition coefficient (Wildman–Crippen LogP) is 4.38. The summed E-state index contributed by atoms with van der Waals surface area (Å²) in [5.74, 6) is 0.769. The topological polar surface area (TPSA) is 56.8 Å². The van der Waals surface area contributed by atoms with Crippen molar-refractivity contribution < 1.29 is 23.4 Å². The van der Waals surface area contributed by atoms with Crippen LogP contribution in [0.3, 0.4) is 0 Å². The Kier molecular flexibility index (Phi) is 6.71. The van der Waals surface area contributed by atoms with Gasteiger partial charge < -0.3 is 19.5 Å². The first kappa shape index (κ1) is 21.8. The molecule has 0 heterocycles. The number of ether oxygens (including phenoxy) is 3. The van der Waals surface area contributed by atoms with Crippen LogP contribution in [0, 0.1) is 5.82 Å². The second kappa shape index (κ2) is 9.83. The van der Waals surface area contributed by atoms with E-state index in [0.717, 1.165) is 22.3 Å². The van der Waals surface area contributed by atoms with Crippen LogP contribution in [0.2, 0.25) is 0 Å². The molecule has 0 aromatic heterocycles. The number of hydrogen-bond donors (Lipinski definition) is 1. The van der Waals surface area contributed by atoms with Gasteiger partial charge in [-0.15, -0.1) is 0 Å². The molecule has 5 nitrogen and oxygen atoms in total. The molecule has 1 aliphatic carbocycles. The molecule has 0 saturated carbocycles. The first-order chi connectivity index (χ1) is 15.6. The fourth-order valence-electron chi connectivity index (χ4n) is 4.05. The van der Waals surface area contributed by atoms with E-state index in [9.17, 15) is 9.18 Å². The van der Waals surface area contributed by atoms with Gasteiger partial charge >= 0.3 is 0 Å². The van der Waals surface area contributed by atoms with Gasteiger partial charge in [0.1, 0.15) is 5.82 Å². The van der Waals surface area contributed by atoms with Gasteiger partial charge in [0, 0.05) is 6.42 Å². The highest BCUT2D eigenvalue weighted by atomic mass is 19.1. The molecule has 0 spiro atoms. The third-order valence-electron chi connectivity index (χ3n) is 5.67. The van der Waals surface area contributed by atoms with Crippen molar-refractivity contribution in [3.8, 4) is 11.5 Å². The van der Waals surface area contributed by atoms with E-state index in [0.29, 0.717) is 24.5 Å². The molecular weight excluding hydrogens is 409 g/mol. The molecule has 4 rings (SSSR count).